The van der Waals surface area contributed by atoms with Crippen molar-refractivity contribution in [2.45, 2.75) is 30.4 Å². The van der Waals surface area contributed by atoms with Crippen molar-refractivity contribution in [3.05, 3.63) is 30.3 Å². The zero-order valence-corrected chi connectivity index (χ0v) is 9.21. The molecule has 0 saturated heterocycles. The van der Waals surface area contributed by atoms with Gasteiger partial charge < -0.3 is 0 Å². The van der Waals surface area contributed by atoms with E-state index >= 15 is 0 Å². The van der Waals surface area contributed by atoms with Crippen LogP contribution >= 0.6 is 0 Å². The van der Waals surface area contributed by atoms with Crippen molar-refractivity contribution in [1.82, 2.24) is 0 Å². The monoisotopic (exact) mass is 210 g/mol. The Morgan fingerprint density at radius 1 is 1.36 bits per heavy atom. The molecule has 0 fully saturated rings. The van der Waals surface area contributed by atoms with E-state index in [1.165, 1.54) is 6.92 Å². The molecule has 2 atom stereocenters. The van der Waals surface area contributed by atoms with Gasteiger partial charge in [0.25, 0.3) is 0 Å². The van der Waals surface area contributed by atoms with Crippen LogP contribution in [0.4, 0.5) is 0 Å². The molecule has 0 aliphatic rings. The average Bonchev–Trinajstić information content (AvgIpc) is 2.17. The molecule has 1 aromatic rings. The topological polar surface area (TPSA) is 34.1 Å². The average molecular weight is 210 g/mol. The van der Waals surface area contributed by atoms with Gasteiger partial charge in [-0.05, 0) is 19.1 Å². The molecule has 2 nitrogen and oxygen atoms in total. The van der Waals surface area contributed by atoms with Crippen LogP contribution < -0.4 is 0 Å². The van der Waals surface area contributed by atoms with E-state index in [1.807, 2.05) is 37.3 Å². The minimum absolute atomic E-state index is 0.0850. The lowest BCUT2D eigenvalue weighted by Gasteiger charge is -2.08. The molecule has 0 spiro atoms. The number of ketones is 1. The second-order valence-corrected chi connectivity index (χ2v) is 5.20. The van der Waals surface area contributed by atoms with E-state index in [9.17, 15) is 9.00 Å². The van der Waals surface area contributed by atoms with Gasteiger partial charge in [0.2, 0.25) is 0 Å². The first-order chi connectivity index (χ1) is 6.61. The van der Waals surface area contributed by atoms with Gasteiger partial charge in [0.05, 0.1) is 10.8 Å². The Kier molecular flexibility index (Phi) is 4.01. The molecule has 1 rings (SSSR count). The Hall–Kier alpha value is -0.960. The highest BCUT2D eigenvalue weighted by atomic mass is 32.2. The molecule has 1 aromatic carbocycles. The minimum Gasteiger partial charge on any atom is -0.300 e. The maximum Gasteiger partial charge on any atom is 0.131 e. The fourth-order valence-electron chi connectivity index (χ4n) is 1.27. The molecule has 0 amide bonds. The van der Waals surface area contributed by atoms with E-state index in [0.717, 1.165) is 4.90 Å². The highest BCUT2D eigenvalue weighted by Crippen LogP contribution is 2.13. The van der Waals surface area contributed by atoms with Crippen LogP contribution in [-0.4, -0.2) is 15.2 Å². The molecule has 0 aromatic heterocycles. The van der Waals surface area contributed by atoms with Crippen molar-refractivity contribution in [3.63, 3.8) is 0 Å². The van der Waals surface area contributed by atoms with Crippen LogP contribution in [-0.2, 0) is 15.6 Å². The molecule has 0 radical (unpaired) electrons. The third-order valence-corrected chi connectivity index (χ3v) is 3.55. The summed E-state index contributed by atoms with van der Waals surface area (Å²) >= 11 is 0. The number of rotatable bonds is 4. The number of carbonyl (C=O) groups is 1. The van der Waals surface area contributed by atoms with Crippen molar-refractivity contribution in [2.24, 2.45) is 0 Å². The van der Waals surface area contributed by atoms with Gasteiger partial charge in [-0.25, -0.2) is 0 Å². The second kappa shape index (κ2) is 5.05. The van der Waals surface area contributed by atoms with Crippen molar-refractivity contribution >= 4 is 16.6 Å². The molecule has 0 bridgehead atoms. The van der Waals surface area contributed by atoms with Crippen LogP contribution in [0.5, 0.6) is 0 Å². The van der Waals surface area contributed by atoms with Gasteiger partial charge in [-0.3, -0.25) is 9.00 Å². The van der Waals surface area contributed by atoms with Gasteiger partial charge in [0.1, 0.15) is 5.78 Å². The molecule has 14 heavy (non-hydrogen) atoms. The number of benzene rings is 1. The van der Waals surface area contributed by atoms with Gasteiger partial charge in [0, 0.05) is 16.6 Å². The smallest absolute Gasteiger partial charge is 0.131 e. The lowest BCUT2D eigenvalue weighted by atomic mass is 10.2. The van der Waals surface area contributed by atoms with Gasteiger partial charge in [-0.1, -0.05) is 25.1 Å². The van der Waals surface area contributed by atoms with Gasteiger partial charge in [-0.2, -0.15) is 0 Å². The van der Waals surface area contributed by atoms with E-state index in [2.05, 4.69) is 0 Å². The SMILES string of the molecule is CC(=O)CC(C)S(=O)c1ccccc1. The third-order valence-electron chi connectivity index (χ3n) is 1.92. The first-order valence-corrected chi connectivity index (χ1v) is 5.77. The maximum absolute atomic E-state index is 11.8. The fourth-order valence-corrected chi connectivity index (χ4v) is 2.54. The van der Waals surface area contributed by atoms with Crippen molar-refractivity contribution in [1.29, 1.82) is 0 Å². The van der Waals surface area contributed by atoms with E-state index in [1.54, 1.807) is 0 Å². The van der Waals surface area contributed by atoms with E-state index in [0.29, 0.717) is 6.42 Å². The summed E-state index contributed by atoms with van der Waals surface area (Å²) < 4.78 is 11.8. The lowest BCUT2D eigenvalue weighted by Crippen LogP contribution is -2.14. The maximum atomic E-state index is 11.8. The molecule has 0 saturated carbocycles. The molecule has 2 unspecified atom stereocenters. The Balaban J connectivity index is 2.71. The number of hydrogen-bond donors (Lipinski definition) is 0. The first kappa shape index (κ1) is 11.1. The van der Waals surface area contributed by atoms with E-state index < -0.39 is 10.8 Å². The van der Waals surface area contributed by atoms with Crippen LogP contribution in [0, 0.1) is 0 Å². The van der Waals surface area contributed by atoms with Crippen molar-refractivity contribution in [2.75, 3.05) is 0 Å². The molecular weight excluding hydrogens is 196 g/mol. The summed E-state index contributed by atoms with van der Waals surface area (Å²) in [5, 5.41) is -0.102. The van der Waals surface area contributed by atoms with Gasteiger partial charge in [0.15, 0.2) is 0 Å². The summed E-state index contributed by atoms with van der Waals surface area (Å²) in [6.45, 7) is 3.36. The largest absolute Gasteiger partial charge is 0.300 e. The van der Waals surface area contributed by atoms with Gasteiger partial charge in [-0.15, -0.1) is 0 Å². The minimum atomic E-state index is -1.07. The Morgan fingerprint density at radius 3 is 2.43 bits per heavy atom. The second-order valence-electron chi connectivity index (χ2n) is 3.33. The van der Waals surface area contributed by atoms with E-state index in [4.69, 9.17) is 0 Å². The quantitative estimate of drug-likeness (QED) is 0.763. The number of carbonyl (C=O) groups excluding carboxylic acids is 1. The normalized spacial score (nSPS) is 14.7. The highest BCUT2D eigenvalue weighted by molar-refractivity contribution is 7.85. The molecule has 76 valence electrons. The Bertz CT molecular complexity index is 332. The first-order valence-electron chi connectivity index (χ1n) is 4.56. The summed E-state index contributed by atoms with van der Waals surface area (Å²) in [6, 6.07) is 9.25. The molecule has 0 aliphatic heterocycles. The summed E-state index contributed by atoms with van der Waals surface area (Å²) in [7, 11) is -1.07. The van der Waals surface area contributed by atoms with Crippen LogP contribution in [0.2, 0.25) is 0 Å². The Morgan fingerprint density at radius 2 is 1.93 bits per heavy atom. The molecular formula is C11H14O2S. The molecule has 0 N–H and O–H groups in total. The molecule has 0 aliphatic carbocycles. The van der Waals surface area contributed by atoms with Crippen LogP contribution in [0.1, 0.15) is 20.3 Å². The zero-order valence-electron chi connectivity index (χ0n) is 8.40. The predicted octanol–water partition coefficient (Wildman–Crippen LogP) is 2.16. The van der Waals surface area contributed by atoms with Crippen molar-refractivity contribution in [3.8, 4) is 0 Å². The van der Waals surface area contributed by atoms with Crippen LogP contribution in [0.3, 0.4) is 0 Å². The third kappa shape index (κ3) is 3.07. The standard InChI is InChI=1S/C11H14O2S/c1-9(12)8-10(2)14(13)11-6-4-3-5-7-11/h3-7,10H,8H2,1-2H3. The van der Waals surface area contributed by atoms with Gasteiger partial charge >= 0.3 is 0 Å². The molecule has 3 heteroatoms. The highest BCUT2D eigenvalue weighted by Gasteiger charge is 2.14. The van der Waals surface area contributed by atoms with Crippen LogP contribution in [0.15, 0.2) is 35.2 Å². The summed E-state index contributed by atoms with van der Waals surface area (Å²) in [6.07, 6.45) is 0.376. The summed E-state index contributed by atoms with van der Waals surface area (Å²) in [5.41, 5.74) is 0. The molecule has 0 heterocycles. The van der Waals surface area contributed by atoms with Crippen LogP contribution in [0.25, 0.3) is 0 Å². The summed E-state index contributed by atoms with van der Waals surface area (Å²) in [4.78, 5) is 11.6. The zero-order chi connectivity index (χ0) is 10.6. The summed E-state index contributed by atoms with van der Waals surface area (Å²) in [5.74, 6) is 0.0850. The lowest BCUT2D eigenvalue weighted by molar-refractivity contribution is -0.116. The number of hydrogen-bond acceptors (Lipinski definition) is 2. The number of Topliss-reactive ketones (excluding diaryl/α,β-unsaturated/α-hetero) is 1. The van der Waals surface area contributed by atoms with E-state index in [-0.39, 0.29) is 11.0 Å². The fraction of sp³-hybridized carbons (Fsp3) is 0.364. The van der Waals surface area contributed by atoms with Crippen molar-refractivity contribution < 1.29 is 9.00 Å². The Labute approximate surface area is 86.8 Å². The predicted molar refractivity (Wildman–Crippen MR) is 57.6 cm³/mol.